The van der Waals surface area contributed by atoms with Gasteiger partial charge in [0.2, 0.25) is 23.6 Å². The van der Waals surface area contributed by atoms with Crippen LogP contribution in [0.2, 0.25) is 10.0 Å². The lowest BCUT2D eigenvalue weighted by Crippen LogP contribution is -2.46. The Morgan fingerprint density at radius 3 is 1.09 bits per heavy atom. The van der Waals surface area contributed by atoms with Crippen molar-refractivity contribution in [2.75, 3.05) is 147 Å². The number of amides is 4. The maximum absolute atomic E-state index is 15.5. The Hall–Kier alpha value is -7.52. The lowest BCUT2D eigenvalue weighted by molar-refractivity contribution is -0.133. The Bertz CT molecular complexity index is 5800. The first kappa shape index (κ1) is 116. The fourth-order valence-corrected chi connectivity index (χ4v) is 27.0. The van der Waals surface area contributed by atoms with Gasteiger partial charge >= 0.3 is 0 Å². The number of aliphatic hydroxyl groups is 2. The number of hydrogen-bond donors (Lipinski definition) is 2. The van der Waals surface area contributed by atoms with Crippen LogP contribution < -0.4 is 19.6 Å². The van der Waals surface area contributed by atoms with E-state index in [-0.39, 0.29) is 125 Å². The van der Waals surface area contributed by atoms with Gasteiger partial charge in [-0.1, -0.05) is 97.7 Å². The van der Waals surface area contributed by atoms with Crippen LogP contribution in [-0.2, 0) is 111 Å². The molecule has 0 saturated carbocycles. The third-order valence-corrected chi connectivity index (χ3v) is 42.3. The Labute approximate surface area is 863 Å². The lowest BCUT2D eigenvalue weighted by atomic mass is 9.84. The van der Waals surface area contributed by atoms with E-state index in [9.17, 15) is 63.1 Å². The first-order valence-electron chi connectivity index (χ1n) is 51.7. The SMILES string of the molecule is CC1CN(C(=O)Cc2ccc(N3CCC(O)(c4ccc(Cl)cc4)CC3)cc2)CCC1CS(=O)(=O)C(C)(C)C.CCc1c(N2C[C@@H](C)O[C@@H](C)C2)ccc(CC(=O)N2CCC(CS(=O)(=O)C(C)(C)C)CC2)c1F.Cc1c(N2C[C@@H](C)O[C@@H](C)C2)ccc(CC(=O)N2CCC(CS(=O)(=O)C(C)(C)C)CC2)c1F.Cc1cc(CC(=O)N2CCC(CS(=O)(=O)C(C)(C)C)CC2)ccc1N1CCC(O)(c2ccc(Cl)cc2)CC1. The minimum Gasteiger partial charge on any atom is -0.385 e. The molecular weight excluding hydrogens is 1940 g/mol. The van der Waals surface area contributed by atoms with Crippen LogP contribution in [0.25, 0.3) is 0 Å². The summed E-state index contributed by atoms with van der Waals surface area (Å²) < 4.78 is 140. The first-order valence-corrected chi connectivity index (χ1v) is 59.1. The summed E-state index contributed by atoms with van der Waals surface area (Å²) in [6.07, 6.45) is 9.02. The number of nitrogens with zero attached hydrogens (tertiary/aromatic N) is 8. The zero-order valence-electron chi connectivity index (χ0n) is 88.5. The number of morpholine rings is 2. The zero-order valence-corrected chi connectivity index (χ0v) is 93.2. The third kappa shape index (κ3) is 30.4. The highest BCUT2D eigenvalue weighted by Gasteiger charge is 2.43. The largest absolute Gasteiger partial charge is 0.385 e. The highest BCUT2D eigenvalue weighted by molar-refractivity contribution is 7.93. The number of likely N-dealkylation sites (tertiary alicyclic amines) is 4. The molecule has 2 N–H and O–H groups in total. The molecule has 0 bridgehead atoms. The molecule has 794 valence electrons. The van der Waals surface area contributed by atoms with Gasteiger partial charge in [0.25, 0.3) is 0 Å². The van der Waals surface area contributed by atoms with Crippen LogP contribution >= 0.6 is 23.2 Å². The fraction of sp³-hybridized carbons (Fsp3) is 0.640. The maximum atomic E-state index is 15.5. The molecule has 24 nitrogen and oxygen atoms in total. The number of benzene rings is 6. The number of anilines is 4. The van der Waals surface area contributed by atoms with Gasteiger partial charge in [-0.2, -0.15) is 0 Å². The summed E-state index contributed by atoms with van der Waals surface area (Å²) in [5, 5.41) is 23.7. The Morgan fingerprint density at radius 2 is 0.713 bits per heavy atom. The van der Waals surface area contributed by atoms with Crippen molar-refractivity contribution in [2.24, 2.45) is 29.6 Å². The predicted molar refractivity (Wildman–Crippen MR) is 573 cm³/mol. The highest BCUT2D eigenvalue weighted by Crippen LogP contribution is 2.41. The van der Waals surface area contributed by atoms with E-state index in [0.717, 1.165) is 109 Å². The molecule has 8 heterocycles. The summed E-state index contributed by atoms with van der Waals surface area (Å²) in [5.41, 5.74) is 9.24. The average Bonchev–Trinajstić information content (AvgIpc) is 0.810. The number of sulfone groups is 4. The molecule has 6 atom stereocenters. The van der Waals surface area contributed by atoms with Crippen molar-refractivity contribution >= 4 is 109 Å². The molecule has 0 aliphatic carbocycles. The molecule has 0 radical (unpaired) electrons. The highest BCUT2D eigenvalue weighted by atomic mass is 35.5. The number of carbonyl (C=O) groups is 4. The lowest BCUT2D eigenvalue weighted by Gasteiger charge is -2.40. The van der Waals surface area contributed by atoms with Crippen LogP contribution in [0, 0.1) is 55.1 Å². The number of piperidine rings is 6. The van der Waals surface area contributed by atoms with Gasteiger partial charge in [0.05, 0.1) is 103 Å². The number of halogens is 4. The van der Waals surface area contributed by atoms with Crippen molar-refractivity contribution in [1.29, 1.82) is 0 Å². The number of carbonyl (C=O) groups excluding carboxylic acids is 4. The van der Waals surface area contributed by atoms with Crippen LogP contribution in [0.1, 0.15) is 245 Å². The zero-order chi connectivity index (χ0) is 105. The summed E-state index contributed by atoms with van der Waals surface area (Å²) >= 11 is 12.0. The van der Waals surface area contributed by atoms with Gasteiger partial charge in [-0.25, -0.2) is 42.5 Å². The maximum Gasteiger partial charge on any atom is 0.227 e. The molecule has 4 amide bonds. The number of rotatable bonds is 23. The van der Waals surface area contributed by atoms with E-state index in [2.05, 4.69) is 57.7 Å². The second kappa shape index (κ2) is 48.0. The van der Waals surface area contributed by atoms with Gasteiger partial charge in [-0.05, 0) is 325 Å². The van der Waals surface area contributed by atoms with Gasteiger partial charge in [0.15, 0.2) is 39.3 Å². The molecule has 8 aliphatic rings. The van der Waals surface area contributed by atoms with E-state index in [4.69, 9.17) is 32.7 Å². The van der Waals surface area contributed by atoms with Crippen LogP contribution in [0.5, 0.6) is 0 Å². The summed E-state index contributed by atoms with van der Waals surface area (Å²) in [6, 6.07) is 36.6. The van der Waals surface area contributed by atoms with Crippen LogP contribution in [-0.4, -0.2) is 258 Å². The van der Waals surface area contributed by atoms with Crippen LogP contribution in [0.4, 0.5) is 31.5 Å². The van der Waals surface area contributed by atoms with Crippen LogP contribution in [0.3, 0.4) is 0 Å². The molecule has 8 aliphatic heterocycles. The normalized spacial score (nSPS) is 21.7. The number of hydrogen-bond acceptors (Lipinski definition) is 20. The average molecular weight is 2100 g/mol. The monoisotopic (exact) mass is 2100 g/mol. The Balaban J connectivity index is 0.000000182. The van der Waals surface area contributed by atoms with Crippen molar-refractivity contribution in [3.8, 4) is 0 Å². The number of aryl methyl sites for hydroxylation is 1. The van der Waals surface area contributed by atoms with Crippen LogP contribution in [0.15, 0.2) is 115 Å². The minimum atomic E-state index is -3.18. The van der Waals surface area contributed by atoms with Crippen molar-refractivity contribution < 1.29 is 81.3 Å². The third-order valence-electron chi connectivity index (χ3n) is 30.7. The molecule has 14 rings (SSSR count). The van der Waals surface area contributed by atoms with E-state index >= 15 is 8.78 Å². The predicted octanol–water partition coefficient (Wildman–Crippen LogP) is 17.9. The molecule has 6 aromatic carbocycles. The molecule has 143 heavy (non-hydrogen) atoms. The van der Waals surface area contributed by atoms with Gasteiger partial charge in [-0.15, -0.1) is 0 Å². The second-order valence-corrected chi connectivity index (χ2v) is 57.9. The fourth-order valence-electron chi connectivity index (χ4n) is 20.8. The molecule has 8 fully saturated rings. The molecule has 0 aromatic heterocycles. The molecular formula is C111H162Cl2F2N8O16S4. The first-order chi connectivity index (χ1) is 66.6. The molecule has 8 saturated heterocycles. The van der Waals surface area contributed by atoms with Gasteiger partial charge < -0.3 is 58.9 Å². The van der Waals surface area contributed by atoms with Gasteiger partial charge in [-0.3, -0.25) is 19.2 Å². The minimum absolute atomic E-state index is 0.0217. The van der Waals surface area contributed by atoms with E-state index in [1.165, 1.54) is 0 Å². The van der Waals surface area contributed by atoms with Gasteiger partial charge in [0.1, 0.15) is 11.6 Å². The van der Waals surface area contributed by atoms with Crippen molar-refractivity contribution in [3.05, 3.63) is 187 Å². The second-order valence-electron chi connectivity index (χ2n) is 45.9. The molecule has 6 aromatic rings. The smallest absolute Gasteiger partial charge is 0.227 e. The molecule has 0 spiro atoms. The van der Waals surface area contributed by atoms with Crippen molar-refractivity contribution in [1.82, 2.24) is 19.6 Å². The van der Waals surface area contributed by atoms with E-state index in [1.54, 1.807) is 112 Å². The quantitative estimate of drug-likeness (QED) is 0.0602. The summed E-state index contributed by atoms with van der Waals surface area (Å²) in [7, 11) is -12.7. The van der Waals surface area contributed by atoms with Crippen molar-refractivity contribution in [2.45, 2.75) is 296 Å². The summed E-state index contributed by atoms with van der Waals surface area (Å²) in [4.78, 5) is 68.1. The van der Waals surface area contributed by atoms with E-state index in [0.29, 0.717) is 168 Å². The van der Waals surface area contributed by atoms with Gasteiger partial charge in [0, 0.05) is 149 Å². The summed E-state index contributed by atoms with van der Waals surface area (Å²) in [5.74, 6) is 0.573. The number of ether oxygens (including phenoxy) is 2. The standard InChI is InChI=1S/2C30H41ClN2O4S.C26H41FN2O4S.C25H39FN2O4S/c1-22-20-33(16-13-24(22)21-38(36,37)29(2,3)4)28(34)19-23-5-11-27(12-6-23)32-17-14-30(35,15-18-32)25-7-9-26(31)10-8-25;1-22-19-24(20-28(34)33-15-11-23(12-16-33)21-38(36,37)29(2,3)4)5-10-27(22)32-17-13-30(35,14-18-32)25-6-8-26(31)9-7-25;1-7-22-23(29-15-18(2)33-19(3)16-29)9-8-21(25(22)27)14-24(30)28-12-10-20(11-13-28)17-34(31,32)26(4,5)6;1-17-14-28(15-18(2)32-17)22-8-7-21(24(26)19(22)3)13-23(29)27-11-9-20(10-12-27)16-33(30,31)25(4,5)6/h5-12,22,24,35H,13-21H2,1-4H3;5-10,19,23,35H,11-18,20-21H2,1-4H3;8-9,18-20H,7,10-17H2,1-6H3;7-8,17-18,20H,9-16H2,1-6H3/t;;18-,19+;17-,18+. The molecule has 32 heteroatoms. The molecule has 2 unspecified atom stereocenters. The summed E-state index contributed by atoms with van der Waals surface area (Å²) in [6.45, 7) is 47.2. The Morgan fingerprint density at radius 1 is 0.385 bits per heavy atom. The Kier molecular flexibility index (Phi) is 38.8. The van der Waals surface area contributed by atoms with Crippen molar-refractivity contribution in [3.63, 3.8) is 0 Å². The van der Waals surface area contributed by atoms with E-state index in [1.807, 2.05) is 123 Å². The topological polar surface area (TPSA) is 290 Å². The van der Waals surface area contributed by atoms with E-state index < -0.39 is 69.5 Å².